The summed E-state index contributed by atoms with van der Waals surface area (Å²) in [5.41, 5.74) is 0. The molecule has 0 fully saturated rings. The number of halogens is 1. The van der Waals surface area contributed by atoms with Gasteiger partial charge in [0.05, 0.1) is 9.79 Å². The summed E-state index contributed by atoms with van der Waals surface area (Å²) in [5, 5.41) is 0. The van der Waals surface area contributed by atoms with Crippen molar-refractivity contribution >= 4 is 37.9 Å². The van der Waals surface area contributed by atoms with Crippen LogP contribution < -0.4 is 0 Å². The van der Waals surface area contributed by atoms with Crippen LogP contribution in [0.2, 0.25) is 0 Å². The summed E-state index contributed by atoms with van der Waals surface area (Å²) in [6.45, 7) is -3.34. The summed E-state index contributed by atoms with van der Waals surface area (Å²) in [6, 6.07) is 16.7. The second-order valence-electron chi connectivity index (χ2n) is 4.51. The molecule has 6 nitrogen and oxygen atoms in total. The zero-order chi connectivity index (χ0) is 16.6. The SMILES string of the molecule is COP1(Cl)=NS(=O)(c2ccccc2)=NS(=O)(c2ccccc2)=N1. The van der Waals surface area contributed by atoms with Gasteiger partial charge >= 0.3 is 6.78 Å². The van der Waals surface area contributed by atoms with Crippen LogP contribution in [0.1, 0.15) is 0 Å². The summed E-state index contributed by atoms with van der Waals surface area (Å²) in [7, 11) is -5.44. The van der Waals surface area contributed by atoms with Gasteiger partial charge in [-0.25, -0.2) is 8.42 Å². The molecule has 2 aromatic rings. The van der Waals surface area contributed by atoms with Crippen molar-refractivity contribution in [2.45, 2.75) is 9.79 Å². The maximum atomic E-state index is 13.3. The molecule has 0 saturated carbocycles. The van der Waals surface area contributed by atoms with Crippen LogP contribution in [0.5, 0.6) is 0 Å². The molecule has 3 unspecified atom stereocenters. The molecule has 0 saturated heterocycles. The highest BCUT2D eigenvalue weighted by atomic mass is 35.7. The first-order valence-electron chi connectivity index (χ1n) is 6.45. The molecule has 1 aliphatic rings. The van der Waals surface area contributed by atoms with E-state index in [1.54, 1.807) is 60.7 Å². The lowest BCUT2D eigenvalue weighted by Crippen LogP contribution is -2.07. The summed E-state index contributed by atoms with van der Waals surface area (Å²) < 4.78 is 43.7. The first-order valence-corrected chi connectivity index (χ1v) is 11.9. The molecule has 2 aromatic carbocycles. The maximum Gasteiger partial charge on any atom is 0.314 e. The highest BCUT2D eigenvalue weighted by molar-refractivity contribution is 8.11. The Labute approximate surface area is 140 Å². The maximum absolute atomic E-state index is 13.3. The fourth-order valence-corrected chi connectivity index (χ4v) is 10.8. The molecular weight excluding hydrogens is 377 g/mol. The van der Waals surface area contributed by atoms with Crippen molar-refractivity contribution in [3.8, 4) is 0 Å². The van der Waals surface area contributed by atoms with Crippen LogP contribution in [0.25, 0.3) is 0 Å². The molecule has 0 N–H and O–H groups in total. The van der Waals surface area contributed by atoms with E-state index in [2.05, 4.69) is 12.1 Å². The van der Waals surface area contributed by atoms with Gasteiger partial charge in [-0.1, -0.05) is 40.2 Å². The van der Waals surface area contributed by atoms with E-state index in [0.29, 0.717) is 9.79 Å². The predicted molar refractivity (Wildman–Crippen MR) is 92.8 cm³/mol. The topological polar surface area (TPSA) is 80.5 Å². The Balaban J connectivity index is 2.38. The Kier molecular flexibility index (Phi) is 4.37. The molecule has 0 amide bonds. The Hall–Kier alpha value is -1.18. The molecule has 0 aromatic heterocycles. The van der Waals surface area contributed by atoms with Gasteiger partial charge < -0.3 is 4.52 Å². The van der Waals surface area contributed by atoms with Gasteiger partial charge in [-0.2, -0.15) is 0 Å². The van der Waals surface area contributed by atoms with Gasteiger partial charge in [0.2, 0.25) is 0 Å². The summed E-state index contributed by atoms with van der Waals surface area (Å²) in [5.74, 6) is 0. The summed E-state index contributed by atoms with van der Waals surface area (Å²) >= 11 is 6.27. The minimum Gasteiger partial charge on any atom is -0.318 e. The van der Waals surface area contributed by atoms with Gasteiger partial charge in [0.25, 0.3) is 0 Å². The van der Waals surface area contributed by atoms with E-state index in [1.807, 2.05) is 0 Å². The van der Waals surface area contributed by atoms with E-state index < -0.39 is 26.6 Å². The third-order valence-corrected chi connectivity index (χ3v) is 11.7. The second kappa shape index (κ2) is 6.03. The van der Waals surface area contributed by atoms with Crippen molar-refractivity contribution in [1.82, 2.24) is 0 Å². The number of hydrogen-bond acceptors (Lipinski definition) is 4. The molecule has 0 bridgehead atoms. The van der Waals surface area contributed by atoms with Crippen LogP contribution in [-0.4, -0.2) is 15.5 Å². The van der Waals surface area contributed by atoms with Crippen LogP contribution in [0.15, 0.2) is 82.5 Å². The van der Waals surface area contributed by atoms with E-state index in [-0.39, 0.29) is 0 Å². The molecule has 3 rings (SSSR count). The fourth-order valence-electron chi connectivity index (χ4n) is 1.90. The minimum absolute atomic E-state index is 0.320. The third kappa shape index (κ3) is 3.22. The van der Waals surface area contributed by atoms with Gasteiger partial charge in [-0.05, 0) is 35.5 Å². The molecule has 1 aliphatic heterocycles. The first kappa shape index (κ1) is 16.7. The second-order valence-corrected chi connectivity index (χ2v) is 12.0. The zero-order valence-corrected chi connectivity index (χ0v) is 15.3. The van der Waals surface area contributed by atoms with Crippen LogP contribution >= 0.6 is 18.0 Å². The minimum atomic E-state index is -3.37. The van der Waals surface area contributed by atoms with Crippen molar-refractivity contribution in [3.05, 3.63) is 60.7 Å². The fraction of sp³-hybridized carbons (Fsp3) is 0.0769. The van der Waals surface area contributed by atoms with Crippen molar-refractivity contribution in [2.24, 2.45) is 12.1 Å². The quantitative estimate of drug-likeness (QED) is 0.712. The van der Waals surface area contributed by atoms with Gasteiger partial charge in [-0.15, -0.1) is 8.28 Å². The zero-order valence-electron chi connectivity index (χ0n) is 12.0. The van der Waals surface area contributed by atoms with E-state index >= 15 is 0 Å². The van der Waals surface area contributed by atoms with Crippen LogP contribution in [0, 0.1) is 0 Å². The lowest BCUT2D eigenvalue weighted by Gasteiger charge is -2.19. The van der Waals surface area contributed by atoms with E-state index in [0.717, 1.165) is 0 Å². The van der Waals surface area contributed by atoms with E-state index in [9.17, 15) is 8.42 Å². The third-order valence-electron chi connectivity index (χ3n) is 2.96. The van der Waals surface area contributed by atoms with Crippen LogP contribution in [-0.2, 0) is 24.4 Å². The normalized spacial score (nSPS) is 33.1. The van der Waals surface area contributed by atoms with Crippen molar-refractivity contribution in [3.63, 3.8) is 0 Å². The van der Waals surface area contributed by atoms with Crippen molar-refractivity contribution < 1.29 is 12.9 Å². The van der Waals surface area contributed by atoms with Gasteiger partial charge in [0.15, 0.2) is 19.8 Å². The standard InChI is InChI=1S/C13H13ClN3O3PS2/c1-20-21(14)15-22(18,12-8-4-2-5-9-12)17-23(19,16-21)13-10-6-3-7-11-13/h2-11H,1H3. The highest BCUT2D eigenvalue weighted by Crippen LogP contribution is 2.61. The van der Waals surface area contributed by atoms with E-state index in [1.165, 1.54) is 7.11 Å². The van der Waals surface area contributed by atoms with E-state index in [4.69, 9.17) is 15.8 Å². The first-order chi connectivity index (χ1) is 10.9. The Morgan fingerprint density at radius 2 is 1.39 bits per heavy atom. The molecule has 0 spiro atoms. The van der Waals surface area contributed by atoms with Crippen molar-refractivity contribution in [2.75, 3.05) is 7.11 Å². The highest BCUT2D eigenvalue weighted by Gasteiger charge is 2.31. The largest absolute Gasteiger partial charge is 0.318 e. The molecule has 0 aliphatic carbocycles. The molecule has 122 valence electrons. The predicted octanol–water partition coefficient (Wildman–Crippen LogP) is 4.72. The van der Waals surface area contributed by atoms with Gasteiger partial charge in [0.1, 0.15) is 0 Å². The average Bonchev–Trinajstić information content (AvgIpc) is 2.56. The monoisotopic (exact) mass is 389 g/mol. The number of benzene rings is 2. The number of hydrogen-bond donors (Lipinski definition) is 0. The summed E-state index contributed by atoms with van der Waals surface area (Å²) in [4.78, 5) is 0.640. The molecular formula is C13H13ClN3O3PS2. The smallest absolute Gasteiger partial charge is 0.314 e. The molecule has 10 heteroatoms. The average molecular weight is 390 g/mol. The van der Waals surface area contributed by atoms with Crippen molar-refractivity contribution in [1.29, 1.82) is 0 Å². The number of nitrogens with zero attached hydrogens (tertiary/aromatic N) is 3. The van der Waals surface area contributed by atoms with Gasteiger partial charge in [-0.3, -0.25) is 0 Å². The molecule has 0 radical (unpaired) electrons. The van der Waals surface area contributed by atoms with Crippen LogP contribution in [0.3, 0.4) is 0 Å². The molecule has 1 heterocycles. The van der Waals surface area contributed by atoms with Gasteiger partial charge in [0, 0.05) is 7.11 Å². The summed E-state index contributed by atoms with van der Waals surface area (Å²) in [6.07, 6.45) is 0. The lowest BCUT2D eigenvalue weighted by molar-refractivity contribution is 0.465. The molecule has 23 heavy (non-hydrogen) atoms. The Morgan fingerprint density at radius 3 is 1.87 bits per heavy atom. The lowest BCUT2D eigenvalue weighted by atomic mass is 10.4. The number of rotatable bonds is 3. The Bertz CT molecular complexity index is 973. The Morgan fingerprint density at radius 1 is 0.913 bits per heavy atom. The molecule has 3 atom stereocenters. The van der Waals surface area contributed by atoms with Crippen LogP contribution in [0.4, 0.5) is 0 Å².